The van der Waals surface area contributed by atoms with Crippen LogP contribution in [0.15, 0.2) is 72.1 Å². The summed E-state index contributed by atoms with van der Waals surface area (Å²) in [4.78, 5) is 0.960. The van der Waals surface area contributed by atoms with Gasteiger partial charge in [-0.05, 0) is 29.5 Å². The van der Waals surface area contributed by atoms with E-state index >= 15 is 0 Å². The van der Waals surface area contributed by atoms with Crippen molar-refractivity contribution in [1.29, 1.82) is 0 Å². The maximum absolute atomic E-state index is 6.21. The van der Waals surface area contributed by atoms with Gasteiger partial charge in [-0.15, -0.1) is 11.3 Å². The van der Waals surface area contributed by atoms with Gasteiger partial charge in [0.1, 0.15) is 11.9 Å². The second kappa shape index (κ2) is 5.93. The van der Waals surface area contributed by atoms with Crippen LogP contribution in [0.1, 0.15) is 22.1 Å². The molecule has 0 spiro atoms. The van der Waals surface area contributed by atoms with Crippen molar-refractivity contribution in [3.63, 3.8) is 0 Å². The third kappa shape index (κ3) is 2.75. The highest BCUT2D eigenvalue weighted by atomic mass is 32.1. The summed E-state index contributed by atoms with van der Waals surface area (Å²) in [6.07, 6.45) is -0.104. The summed E-state index contributed by atoms with van der Waals surface area (Å²) in [7, 11) is 0. The van der Waals surface area contributed by atoms with Gasteiger partial charge in [0.15, 0.2) is 0 Å². The molecule has 2 heteroatoms. The maximum atomic E-state index is 6.21. The standard InChI is InChI=1S/C18H15OS/c1-14-17(12-13-20-14)19-18(15-8-4-2-5-9-15)16-10-6-3-7-11-16/h2-13,18H,1H2. The quantitative estimate of drug-likeness (QED) is 0.645. The molecule has 20 heavy (non-hydrogen) atoms. The number of hydrogen-bond donors (Lipinski definition) is 0. The summed E-state index contributed by atoms with van der Waals surface area (Å²) in [6, 6.07) is 22.5. The molecule has 1 aromatic heterocycles. The number of benzene rings is 2. The van der Waals surface area contributed by atoms with Gasteiger partial charge in [0.25, 0.3) is 0 Å². The Morgan fingerprint density at radius 1 is 0.800 bits per heavy atom. The van der Waals surface area contributed by atoms with Crippen molar-refractivity contribution < 1.29 is 4.74 Å². The highest BCUT2D eigenvalue weighted by molar-refractivity contribution is 7.10. The van der Waals surface area contributed by atoms with E-state index in [4.69, 9.17) is 4.74 Å². The molecule has 2 aromatic carbocycles. The van der Waals surface area contributed by atoms with Crippen LogP contribution in [0.5, 0.6) is 5.75 Å². The van der Waals surface area contributed by atoms with E-state index in [-0.39, 0.29) is 6.10 Å². The molecule has 0 unspecified atom stereocenters. The van der Waals surface area contributed by atoms with Crippen LogP contribution in [0.25, 0.3) is 0 Å². The fourth-order valence-electron chi connectivity index (χ4n) is 2.15. The van der Waals surface area contributed by atoms with Crippen molar-refractivity contribution >= 4 is 11.3 Å². The van der Waals surface area contributed by atoms with E-state index in [2.05, 4.69) is 31.2 Å². The van der Waals surface area contributed by atoms with Crippen molar-refractivity contribution in [1.82, 2.24) is 0 Å². The zero-order valence-corrected chi connectivity index (χ0v) is 11.8. The molecule has 1 nitrogen and oxygen atoms in total. The molecule has 0 aliphatic rings. The fourth-order valence-corrected chi connectivity index (χ4v) is 2.73. The lowest BCUT2D eigenvalue weighted by atomic mass is 10.0. The Kier molecular flexibility index (Phi) is 3.84. The summed E-state index contributed by atoms with van der Waals surface area (Å²) in [5, 5.41) is 2.00. The molecule has 3 rings (SSSR count). The number of ether oxygens (including phenoxy) is 1. The summed E-state index contributed by atoms with van der Waals surface area (Å²) in [5.74, 6) is 0.854. The highest BCUT2D eigenvalue weighted by Gasteiger charge is 2.16. The van der Waals surface area contributed by atoms with E-state index in [1.165, 1.54) is 0 Å². The lowest BCUT2D eigenvalue weighted by Crippen LogP contribution is -2.09. The van der Waals surface area contributed by atoms with Gasteiger partial charge >= 0.3 is 0 Å². The Morgan fingerprint density at radius 3 is 1.80 bits per heavy atom. The Balaban J connectivity index is 1.98. The van der Waals surface area contributed by atoms with Crippen LogP contribution in [0, 0.1) is 6.92 Å². The predicted molar refractivity (Wildman–Crippen MR) is 84.1 cm³/mol. The number of rotatable bonds is 4. The normalized spacial score (nSPS) is 10.7. The molecule has 0 bridgehead atoms. The minimum atomic E-state index is -0.104. The molecular weight excluding hydrogens is 264 g/mol. The topological polar surface area (TPSA) is 9.23 Å². The van der Waals surface area contributed by atoms with Crippen LogP contribution in [0.3, 0.4) is 0 Å². The van der Waals surface area contributed by atoms with E-state index in [0.717, 1.165) is 21.8 Å². The summed E-state index contributed by atoms with van der Waals surface area (Å²) >= 11 is 1.60. The van der Waals surface area contributed by atoms with Crippen molar-refractivity contribution in [3.8, 4) is 5.75 Å². The Morgan fingerprint density at radius 2 is 1.35 bits per heavy atom. The van der Waals surface area contributed by atoms with Crippen LogP contribution in [0.4, 0.5) is 0 Å². The lowest BCUT2D eigenvalue weighted by Gasteiger charge is -2.20. The van der Waals surface area contributed by atoms with Gasteiger partial charge in [0.2, 0.25) is 0 Å². The molecule has 0 aliphatic carbocycles. The molecule has 0 fully saturated rings. The third-order valence-corrected chi connectivity index (χ3v) is 3.91. The molecule has 1 radical (unpaired) electrons. The van der Waals surface area contributed by atoms with E-state index in [9.17, 15) is 0 Å². The Hall–Kier alpha value is -2.06. The monoisotopic (exact) mass is 279 g/mol. The van der Waals surface area contributed by atoms with Gasteiger partial charge in [-0.3, -0.25) is 0 Å². The van der Waals surface area contributed by atoms with Gasteiger partial charge in [-0.25, -0.2) is 0 Å². The van der Waals surface area contributed by atoms with E-state index < -0.39 is 0 Å². The number of thiophene rings is 1. The average molecular weight is 279 g/mol. The first-order chi connectivity index (χ1) is 9.84. The van der Waals surface area contributed by atoms with Crippen LogP contribution in [-0.2, 0) is 0 Å². The van der Waals surface area contributed by atoms with E-state index in [1.807, 2.05) is 47.8 Å². The van der Waals surface area contributed by atoms with Gasteiger partial charge < -0.3 is 4.74 Å². The highest BCUT2D eigenvalue weighted by Crippen LogP contribution is 2.32. The lowest BCUT2D eigenvalue weighted by molar-refractivity contribution is 0.247. The van der Waals surface area contributed by atoms with Crippen LogP contribution in [-0.4, -0.2) is 0 Å². The van der Waals surface area contributed by atoms with Crippen LogP contribution >= 0.6 is 11.3 Å². The molecule has 0 saturated heterocycles. The SMILES string of the molecule is [CH2]c1sccc1OC(c1ccccc1)c1ccccc1. The van der Waals surface area contributed by atoms with Gasteiger partial charge in [0.05, 0.1) is 0 Å². The van der Waals surface area contributed by atoms with E-state index in [0.29, 0.717) is 0 Å². The van der Waals surface area contributed by atoms with Gasteiger partial charge in [0, 0.05) is 4.88 Å². The Labute approximate surface area is 123 Å². The van der Waals surface area contributed by atoms with Crippen molar-refractivity contribution in [3.05, 3.63) is 95.0 Å². The Bertz CT molecular complexity index is 619. The summed E-state index contributed by atoms with van der Waals surface area (Å²) in [6.45, 7) is 4.01. The predicted octanol–water partition coefficient (Wildman–Crippen LogP) is 5.10. The zero-order valence-electron chi connectivity index (χ0n) is 11.0. The van der Waals surface area contributed by atoms with Gasteiger partial charge in [-0.1, -0.05) is 60.7 Å². The first-order valence-electron chi connectivity index (χ1n) is 6.50. The molecular formula is C18H15OS. The van der Waals surface area contributed by atoms with Gasteiger partial charge in [-0.2, -0.15) is 0 Å². The van der Waals surface area contributed by atoms with Crippen molar-refractivity contribution in [2.75, 3.05) is 0 Å². The molecule has 0 aliphatic heterocycles. The second-order valence-corrected chi connectivity index (χ2v) is 5.53. The largest absolute Gasteiger partial charge is 0.480 e. The summed E-state index contributed by atoms with van der Waals surface area (Å²) in [5.41, 5.74) is 2.29. The maximum Gasteiger partial charge on any atom is 0.149 e. The smallest absolute Gasteiger partial charge is 0.149 e. The molecule has 1 heterocycles. The van der Waals surface area contributed by atoms with Crippen LogP contribution < -0.4 is 4.74 Å². The van der Waals surface area contributed by atoms with Crippen LogP contribution in [0.2, 0.25) is 0 Å². The first-order valence-corrected chi connectivity index (χ1v) is 7.38. The molecule has 0 atom stereocenters. The molecule has 0 amide bonds. The average Bonchev–Trinajstić information content (AvgIpc) is 2.92. The fraction of sp³-hybridized carbons (Fsp3) is 0.0556. The zero-order chi connectivity index (χ0) is 13.8. The third-order valence-electron chi connectivity index (χ3n) is 3.15. The van der Waals surface area contributed by atoms with Crippen molar-refractivity contribution in [2.45, 2.75) is 6.10 Å². The first kappa shape index (κ1) is 12.9. The molecule has 0 saturated carbocycles. The van der Waals surface area contributed by atoms with E-state index in [1.54, 1.807) is 11.3 Å². The molecule has 99 valence electrons. The van der Waals surface area contributed by atoms with Crippen molar-refractivity contribution in [2.24, 2.45) is 0 Å². The summed E-state index contributed by atoms with van der Waals surface area (Å²) < 4.78 is 6.21. The molecule has 0 N–H and O–H groups in total. The minimum absolute atomic E-state index is 0.104. The second-order valence-electron chi connectivity index (χ2n) is 4.53. The number of hydrogen-bond acceptors (Lipinski definition) is 2. The minimum Gasteiger partial charge on any atom is -0.480 e. The molecule has 3 aromatic rings.